The van der Waals surface area contributed by atoms with Crippen molar-refractivity contribution in [2.24, 2.45) is 10.2 Å². The van der Waals surface area contributed by atoms with Gasteiger partial charge in [-0.05, 0) is 46.8 Å². The topological polar surface area (TPSA) is 108 Å². The van der Waals surface area contributed by atoms with Gasteiger partial charge in [-0.15, -0.1) is 0 Å². The average molecular weight is 492 g/mol. The SMILES string of the molecule is CCOc1ccc(OCC)c(N=NC(C(C)=O)C(=O)Nc2cc(OCC)cc(OCC)c2Cl)c1. The molecule has 1 N–H and O–H groups in total. The monoisotopic (exact) mass is 491 g/mol. The van der Waals surface area contributed by atoms with Crippen LogP contribution in [0.5, 0.6) is 23.0 Å². The predicted octanol–water partition coefficient (Wildman–Crippen LogP) is 5.61. The number of azo groups is 1. The second kappa shape index (κ2) is 13.4. The summed E-state index contributed by atoms with van der Waals surface area (Å²) in [6.45, 7) is 10.2. The Morgan fingerprint density at radius 1 is 0.882 bits per heavy atom. The zero-order valence-electron chi connectivity index (χ0n) is 20.0. The summed E-state index contributed by atoms with van der Waals surface area (Å²) in [5.74, 6) is 0.620. The van der Waals surface area contributed by atoms with Crippen molar-refractivity contribution in [3.05, 3.63) is 35.4 Å². The van der Waals surface area contributed by atoms with Gasteiger partial charge < -0.3 is 24.3 Å². The van der Waals surface area contributed by atoms with Crippen LogP contribution in [0.25, 0.3) is 0 Å². The summed E-state index contributed by atoms with van der Waals surface area (Å²) in [4.78, 5) is 25.2. The lowest BCUT2D eigenvalue weighted by Gasteiger charge is -2.15. The van der Waals surface area contributed by atoms with Crippen molar-refractivity contribution in [1.29, 1.82) is 0 Å². The minimum absolute atomic E-state index is 0.181. The lowest BCUT2D eigenvalue weighted by atomic mass is 10.2. The molecule has 0 heterocycles. The van der Waals surface area contributed by atoms with Crippen LogP contribution >= 0.6 is 11.6 Å². The molecule has 0 aromatic heterocycles. The molecule has 2 rings (SSSR count). The highest BCUT2D eigenvalue weighted by Crippen LogP contribution is 2.37. The number of ether oxygens (including phenoxy) is 4. The minimum Gasteiger partial charge on any atom is -0.494 e. The van der Waals surface area contributed by atoms with Gasteiger partial charge in [0, 0.05) is 18.2 Å². The van der Waals surface area contributed by atoms with E-state index in [1.807, 2.05) is 27.7 Å². The van der Waals surface area contributed by atoms with Crippen molar-refractivity contribution in [2.75, 3.05) is 31.7 Å². The number of anilines is 1. The van der Waals surface area contributed by atoms with Crippen molar-refractivity contribution in [2.45, 2.75) is 40.7 Å². The van der Waals surface area contributed by atoms with Crippen LogP contribution in [0.15, 0.2) is 40.6 Å². The fraction of sp³-hybridized carbons (Fsp3) is 0.417. The van der Waals surface area contributed by atoms with E-state index < -0.39 is 17.7 Å². The summed E-state index contributed by atoms with van der Waals surface area (Å²) in [5.41, 5.74) is 0.567. The van der Waals surface area contributed by atoms with E-state index in [-0.39, 0.29) is 10.7 Å². The van der Waals surface area contributed by atoms with E-state index in [1.165, 1.54) is 6.92 Å². The fourth-order valence-electron chi connectivity index (χ4n) is 2.92. The van der Waals surface area contributed by atoms with Crippen LogP contribution in [0.3, 0.4) is 0 Å². The maximum Gasteiger partial charge on any atom is 0.258 e. The highest BCUT2D eigenvalue weighted by molar-refractivity contribution is 6.35. The first kappa shape index (κ1) is 26.9. The third-order valence-electron chi connectivity index (χ3n) is 4.34. The largest absolute Gasteiger partial charge is 0.494 e. The van der Waals surface area contributed by atoms with E-state index in [0.29, 0.717) is 55.1 Å². The van der Waals surface area contributed by atoms with Gasteiger partial charge in [-0.2, -0.15) is 10.2 Å². The van der Waals surface area contributed by atoms with Crippen molar-refractivity contribution in [3.63, 3.8) is 0 Å². The molecular weight excluding hydrogens is 462 g/mol. The number of halogens is 1. The second-order valence-electron chi connectivity index (χ2n) is 6.86. The van der Waals surface area contributed by atoms with Gasteiger partial charge in [-0.3, -0.25) is 9.59 Å². The number of nitrogens with one attached hydrogen (secondary N) is 1. The van der Waals surface area contributed by atoms with Crippen molar-refractivity contribution in [3.8, 4) is 23.0 Å². The maximum absolute atomic E-state index is 13.0. The van der Waals surface area contributed by atoms with Crippen LogP contribution in [0.2, 0.25) is 5.02 Å². The quantitative estimate of drug-likeness (QED) is 0.288. The summed E-state index contributed by atoms with van der Waals surface area (Å²) in [7, 11) is 0. The molecule has 2 aromatic carbocycles. The number of amides is 1. The lowest BCUT2D eigenvalue weighted by molar-refractivity contribution is -0.126. The highest BCUT2D eigenvalue weighted by atomic mass is 35.5. The highest BCUT2D eigenvalue weighted by Gasteiger charge is 2.25. The molecule has 0 aliphatic heterocycles. The summed E-state index contributed by atoms with van der Waals surface area (Å²) in [6.07, 6.45) is 0. The van der Waals surface area contributed by atoms with E-state index in [2.05, 4.69) is 15.5 Å². The minimum atomic E-state index is -1.41. The van der Waals surface area contributed by atoms with Gasteiger partial charge in [-0.25, -0.2) is 0 Å². The number of nitrogens with zero attached hydrogens (tertiary/aromatic N) is 2. The molecule has 0 fully saturated rings. The number of benzene rings is 2. The molecule has 0 saturated carbocycles. The lowest BCUT2D eigenvalue weighted by Crippen LogP contribution is -2.32. The Hall–Kier alpha value is -3.33. The zero-order chi connectivity index (χ0) is 25.1. The Kier molecular flexibility index (Phi) is 10.6. The third kappa shape index (κ3) is 7.34. The van der Waals surface area contributed by atoms with Crippen LogP contribution in [0, 0.1) is 0 Å². The Bertz CT molecular complexity index is 1030. The number of carbonyl (C=O) groups is 2. The smallest absolute Gasteiger partial charge is 0.258 e. The molecule has 0 saturated heterocycles. The van der Waals surface area contributed by atoms with Crippen LogP contribution < -0.4 is 24.3 Å². The van der Waals surface area contributed by atoms with E-state index in [1.54, 1.807) is 30.3 Å². The van der Waals surface area contributed by atoms with Crippen molar-refractivity contribution < 1.29 is 28.5 Å². The Labute approximate surface area is 204 Å². The second-order valence-corrected chi connectivity index (χ2v) is 7.24. The number of hydrogen-bond acceptors (Lipinski definition) is 8. The van der Waals surface area contributed by atoms with Crippen LogP contribution in [0.1, 0.15) is 34.6 Å². The Morgan fingerprint density at radius 2 is 1.50 bits per heavy atom. The van der Waals surface area contributed by atoms with Gasteiger partial charge in [-0.1, -0.05) is 11.6 Å². The Balaban J connectivity index is 2.35. The molecule has 0 aliphatic rings. The molecule has 1 unspecified atom stereocenters. The predicted molar refractivity (Wildman–Crippen MR) is 130 cm³/mol. The molecule has 0 spiro atoms. The molecule has 0 bridgehead atoms. The number of ketones is 1. The van der Waals surface area contributed by atoms with Crippen LogP contribution in [-0.4, -0.2) is 44.2 Å². The maximum atomic E-state index is 13.0. The van der Waals surface area contributed by atoms with E-state index in [4.69, 9.17) is 30.5 Å². The standard InChI is InChI=1S/C24H30ClN3O6/c1-6-31-16-10-11-20(33-8-3)18(12-16)27-28-23(15(5)29)24(30)26-19-13-17(32-7-2)14-21(22(19)25)34-9-4/h10-14,23H,6-9H2,1-5H3,(H,26,30). The molecule has 9 nitrogen and oxygen atoms in total. The van der Waals surface area contributed by atoms with Gasteiger partial charge in [0.05, 0.1) is 32.1 Å². The van der Waals surface area contributed by atoms with E-state index >= 15 is 0 Å². The summed E-state index contributed by atoms with van der Waals surface area (Å²) in [5, 5.41) is 10.9. The van der Waals surface area contributed by atoms with Gasteiger partial charge in [0.25, 0.3) is 5.91 Å². The van der Waals surface area contributed by atoms with Gasteiger partial charge in [0.2, 0.25) is 6.04 Å². The van der Waals surface area contributed by atoms with Crippen LogP contribution in [-0.2, 0) is 9.59 Å². The molecule has 2 aromatic rings. The molecule has 10 heteroatoms. The van der Waals surface area contributed by atoms with E-state index in [0.717, 1.165) is 0 Å². The summed E-state index contributed by atoms with van der Waals surface area (Å²) >= 11 is 6.40. The van der Waals surface area contributed by atoms with Gasteiger partial charge in [0.1, 0.15) is 33.7 Å². The molecule has 34 heavy (non-hydrogen) atoms. The Morgan fingerprint density at radius 3 is 2.12 bits per heavy atom. The van der Waals surface area contributed by atoms with Crippen LogP contribution in [0.4, 0.5) is 11.4 Å². The van der Waals surface area contributed by atoms with Gasteiger partial charge in [0.15, 0.2) is 5.78 Å². The number of Topliss-reactive ketones (excluding diaryl/α,β-unsaturated/α-hetero) is 1. The molecule has 184 valence electrons. The molecule has 0 aliphatic carbocycles. The number of carbonyl (C=O) groups excluding carboxylic acids is 2. The molecule has 1 atom stereocenters. The average Bonchev–Trinajstić information content (AvgIpc) is 2.79. The first-order valence-corrected chi connectivity index (χ1v) is 11.4. The van der Waals surface area contributed by atoms with E-state index in [9.17, 15) is 9.59 Å². The number of rotatable bonds is 13. The molecule has 1 amide bonds. The van der Waals surface area contributed by atoms with Crippen molar-refractivity contribution >= 4 is 34.7 Å². The first-order chi connectivity index (χ1) is 16.3. The fourth-order valence-corrected chi connectivity index (χ4v) is 3.13. The van der Waals surface area contributed by atoms with Gasteiger partial charge >= 0.3 is 0 Å². The summed E-state index contributed by atoms with van der Waals surface area (Å²) < 4.78 is 22.1. The normalized spacial score (nSPS) is 11.7. The zero-order valence-corrected chi connectivity index (χ0v) is 20.8. The molecular formula is C24H30ClN3O6. The first-order valence-electron chi connectivity index (χ1n) is 11.0. The third-order valence-corrected chi connectivity index (χ3v) is 4.73. The van der Waals surface area contributed by atoms with Crippen molar-refractivity contribution in [1.82, 2.24) is 0 Å². The number of hydrogen-bond donors (Lipinski definition) is 1. The molecule has 0 radical (unpaired) electrons. The summed E-state index contributed by atoms with van der Waals surface area (Å²) in [6, 6.07) is 6.84.